The van der Waals surface area contributed by atoms with Gasteiger partial charge in [0.15, 0.2) is 0 Å². The van der Waals surface area contributed by atoms with Gasteiger partial charge in [0.2, 0.25) is 0 Å². The highest BCUT2D eigenvalue weighted by Crippen LogP contribution is 2.33. The highest BCUT2D eigenvalue weighted by molar-refractivity contribution is 6.31. The highest BCUT2D eigenvalue weighted by atomic mass is 35.5. The van der Waals surface area contributed by atoms with E-state index in [1.807, 2.05) is 18.2 Å². The minimum Gasteiger partial charge on any atom is -0.319 e. The second-order valence-electron chi connectivity index (χ2n) is 5.27. The van der Waals surface area contributed by atoms with Crippen molar-refractivity contribution < 1.29 is 0 Å². The molecule has 4 rings (SSSR count). The van der Waals surface area contributed by atoms with E-state index in [-0.39, 0.29) is 18.4 Å². The lowest BCUT2D eigenvalue weighted by Crippen LogP contribution is -2.21. The number of aromatic nitrogens is 1. The molecule has 0 radical (unpaired) electrons. The molecular weight excluding hydrogens is 315 g/mol. The Morgan fingerprint density at radius 3 is 2.59 bits per heavy atom. The fraction of sp³-hybridized carbons (Fsp3) is 0.111. The molecule has 2 heterocycles. The van der Waals surface area contributed by atoms with Crippen molar-refractivity contribution in [2.75, 3.05) is 0 Å². The fourth-order valence-corrected chi connectivity index (χ4v) is 3.28. The zero-order chi connectivity index (χ0) is 14.2. The number of fused-ring (bicyclic) bond motifs is 3. The summed E-state index contributed by atoms with van der Waals surface area (Å²) in [7, 11) is 0. The third-order valence-electron chi connectivity index (χ3n) is 4.04. The average Bonchev–Trinajstić information content (AvgIpc) is 2.93. The maximum Gasteiger partial charge on any atom is 0.0751 e. The van der Waals surface area contributed by atoms with Gasteiger partial charge in [-0.05, 0) is 35.4 Å². The van der Waals surface area contributed by atoms with Crippen molar-refractivity contribution in [2.24, 2.45) is 0 Å². The Morgan fingerprint density at radius 1 is 0.955 bits per heavy atom. The van der Waals surface area contributed by atoms with Gasteiger partial charge in [-0.25, -0.2) is 0 Å². The first-order valence-electron chi connectivity index (χ1n) is 7.08. The molecule has 0 amide bonds. The first-order valence-corrected chi connectivity index (χ1v) is 7.46. The van der Waals surface area contributed by atoms with Crippen LogP contribution in [0, 0.1) is 0 Å². The van der Waals surface area contributed by atoms with E-state index in [1.165, 1.54) is 16.9 Å². The number of nitrogens with zero attached hydrogens (tertiary/aromatic N) is 1. The Bertz CT molecular complexity index is 795. The maximum absolute atomic E-state index is 6.41. The first kappa shape index (κ1) is 15.2. The Kier molecular flexibility index (Phi) is 4.25. The monoisotopic (exact) mass is 330 g/mol. The SMILES string of the molecule is Cl.Clc1ccccc1C1NCc2ccccc2-n2cccc21. The molecule has 3 aromatic rings. The molecule has 0 saturated heterocycles. The van der Waals surface area contributed by atoms with E-state index < -0.39 is 0 Å². The fourth-order valence-electron chi connectivity index (χ4n) is 3.04. The Balaban J connectivity index is 0.00000144. The van der Waals surface area contributed by atoms with Crippen LogP contribution in [-0.4, -0.2) is 4.57 Å². The largest absolute Gasteiger partial charge is 0.319 e. The molecule has 1 aliphatic heterocycles. The summed E-state index contributed by atoms with van der Waals surface area (Å²) in [5, 5.41) is 4.43. The van der Waals surface area contributed by atoms with Crippen molar-refractivity contribution in [1.29, 1.82) is 0 Å². The number of halogens is 2. The highest BCUT2D eigenvalue weighted by Gasteiger charge is 2.23. The number of nitrogens with one attached hydrogen (secondary N) is 1. The van der Waals surface area contributed by atoms with Crippen LogP contribution in [0.4, 0.5) is 0 Å². The zero-order valence-electron chi connectivity index (χ0n) is 11.9. The van der Waals surface area contributed by atoms with E-state index in [4.69, 9.17) is 11.6 Å². The lowest BCUT2D eigenvalue weighted by atomic mass is 10.0. The van der Waals surface area contributed by atoms with E-state index in [2.05, 4.69) is 58.5 Å². The van der Waals surface area contributed by atoms with Gasteiger partial charge in [0.25, 0.3) is 0 Å². The third kappa shape index (κ3) is 2.44. The van der Waals surface area contributed by atoms with Crippen LogP contribution in [0.1, 0.15) is 22.9 Å². The lowest BCUT2D eigenvalue weighted by molar-refractivity contribution is 0.601. The van der Waals surface area contributed by atoms with E-state index in [9.17, 15) is 0 Å². The Hall–Kier alpha value is -1.74. The normalized spacial score (nSPS) is 16.1. The molecule has 1 atom stereocenters. The first-order chi connectivity index (χ1) is 10.3. The molecule has 4 heteroatoms. The standard InChI is InChI=1S/C18H15ClN2.ClH/c19-15-8-3-2-7-14(15)18-17-10-5-11-21(17)16-9-4-1-6-13(16)12-20-18;/h1-11,18,20H,12H2;1H. The summed E-state index contributed by atoms with van der Waals surface area (Å²) in [6.45, 7) is 0.827. The molecule has 0 aliphatic carbocycles. The van der Waals surface area contributed by atoms with Gasteiger partial charge >= 0.3 is 0 Å². The zero-order valence-corrected chi connectivity index (χ0v) is 13.4. The third-order valence-corrected chi connectivity index (χ3v) is 4.38. The molecular formula is C18H16Cl2N2. The molecule has 1 unspecified atom stereocenters. The summed E-state index contributed by atoms with van der Waals surface area (Å²) < 4.78 is 2.25. The lowest BCUT2D eigenvalue weighted by Gasteiger charge is -2.19. The van der Waals surface area contributed by atoms with Gasteiger partial charge in [-0.1, -0.05) is 48.0 Å². The van der Waals surface area contributed by atoms with E-state index in [0.29, 0.717) is 0 Å². The quantitative estimate of drug-likeness (QED) is 0.681. The van der Waals surface area contributed by atoms with Crippen molar-refractivity contribution in [3.05, 3.63) is 88.7 Å². The van der Waals surface area contributed by atoms with Gasteiger partial charge in [0, 0.05) is 29.1 Å². The Morgan fingerprint density at radius 2 is 1.73 bits per heavy atom. The average molecular weight is 331 g/mol. The van der Waals surface area contributed by atoms with Gasteiger partial charge in [-0.3, -0.25) is 0 Å². The van der Waals surface area contributed by atoms with E-state index in [0.717, 1.165) is 17.1 Å². The molecule has 0 bridgehead atoms. The van der Waals surface area contributed by atoms with Crippen LogP contribution in [0.3, 0.4) is 0 Å². The van der Waals surface area contributed by atoms with Crippen LogP contribution in [-0.2, 0) is 6.54 Å². The molecule has 2 aromatic carbocycles. The predicted octanol–water partition coefficient (Wildman–Crippen LogP) is 4.75. The Labute approximate surface area is 141 Å². The molecule has 1 aromatic heterocycles. The molecule has 0 spiro atoms. The summed E-state index contributed by atoms with van der Waals surface area (Å²) in [5.74, 6) is 0. The predicted molar refractivity (Wildman–Crippen MR) is 93.2 cm³/mol. The van der Waals surface area contributed by atoms with Gasteiger partial charge < -0.3 is 9.88 Å². The summed E-state index contributed by atoms with van der Waals surface area (Å²) in [4.78, 5) is 0. The van der Waals surface area contributed by atoms with Crippen LogP contribution < -0.4 is 5.32 Å². The summed E-state index contributed by atoms with van der Waals surface area (Å²) in [6, 6.07) is 20.9. The number of benzene rings is 2. The molecule has 22 heavy (non-hydrogen) atoms. The topological polar surface area (TPSA) is 17.0 Å². The van der Waals surface area contributed by atoms with Crippen molar-refractivity contribution in [2.45, 2.75) is 12.6 Å². The van der Waals surface area contributed by atoms with Crippen molar-refractivity contribution >= 4 is 24.0 Å². The van der Waals surface area contributed by atoms with Gasteiger partial charge in [-0.15, -0.1) is 12.4 Å². The second-order valence-corrected chi connectivity index (χ2v) is 5.67. The van der Waals surface area contributed by atoms with E-state index >= 15 is 0 Å². The summed E-state index contributed by atoms with van der Waals surface area (Å²) in [5.41, 5.74) is 4.86. The number of hydrogen-bond donors (Lipinski definition) is 1. The van der Waals surface area contributed by atoms with Gasteiger partial charge in [0.1, 0.15) is 0 Å². The van der Waals surface area contributed by atoms with Crippen molar-refractivity contribution in [3.63, 3.8) is 0 Å². The minimum absolute atomic E-state index is 0. The summed E-state index contributed by atoms with van der Waals surface area (Å²) >= 11 is 6.41. The number of para-hydroxylation sites is 1. The number of hydrogen-bond acceptors (Lipinski definition) is 1. The molecule has 1 aliphatic rings. The van der Waals surface area contributed by atoms with Crippen molar-refractivity contribution in [1.82, 2.24) is 9.88 Å². The molecule has 2 nitrogen and oxygen atoms in total. The van der Waals surface area contributed by atoms with E-state index in [1.54, 1.807) is 0 Å². The van der Waals surface area contributed by atoms with Gasteiger partial charge in [0.05, 0.1) is 6.04 Å². The van der Waals surface area contributed by atoms with Crippen LogP contribution in [0.15, 0.2) is 66.9 Å². The molecule has 0 fully saturated rings. The second kappa shape index (κ2) is 6.17. The maximum atomic E-state index is 6.41. The molecule has 0 saturated carbocycles. The summed E-state index contributed by atoms with van der Waals surface area (Å²) in [6.07, 6.45) is 2.12. The molecule has 1 N–H and O–H groups in total. The number of rotatable bonds is 1. The van der Waals surface area contributed by atoms with Crippen LogP contribution >= 0.6 is 24.0 Å². The minimum atomic E-state index is 0. The van der Waals surface area contributed by atoms with Gasteiger partial charge in [-0.2, -0.15) is 0 Å². The molecule has 112 valence electrons. The van der Waals surface area contributed by atoms with Crippen LogP contribution in [0.2, 0.25) is 5.02 Å². The van der Waals surface area contributed by atoms with Crippen LogP contribution in [0.5, 0.6) is 0 Å². The van der Waals surface area contributed by atoms with Crippen molar-refractivity contribution in [3.8, 4) is 5.69 Å². The smallest absolute Gasteiger partial charge is 0.0751 e. The van der Waals surface area contributed by atoms with Crippen LogP contribution in [0.25, 0.3) is 5.69 Å².